The predicted octanol–water partition coefficient (Wildman–Crippen LogP) is 4.36. The minimum atomic E-state index is -3.65. The maximum atomic E-state index is 13.3. The predicted molar refractivity (Wildman–Crippen MR) is 137 cm³/mol. The number of amides is 2. The molecule has 2 amide bonds. The second-order valence-corrected chi connectivity index (χ2v) is 10.9. The van der Waals surface area contributed by atoms with Crippen molar-refractivity contribution in [1.29, 1.82) is 0 Å². The van der Waals surface area contributed by atoms with Crippen LogP contribution in [0.25, 0.3) is 0 Å². The number of hydrogen-bond acceptors (Lipinski definition) is 4. The first-order valence-electron chi connectivity index (χ1n) is 11.5. The molecule has 0 saturated heterocycles. The lowest BCUT2D eigenvalue weighted by Crippen LogP contribution is -2.50. The van der Waals surface area contributed by atoms with Crippen molar-refractivity contribution in [3.63, 3.8) is 0 Å². The van der Waals surface area contributed by atoms with Gasteiger partial charge in [0.25, 0.3) is 0 Å². The number of nitrogens with zero attached hydrogens (tertiary/aromatic N) is 2. The Morgan fingerprint density at radius 1 is 1.09 bits per heavy atom. The molecule has 2 aromatic rings. The third kappa shape index (κ3) is 8.50. The Bertz CT molecular complexity index is 1110. The molecular formula is C25H33ClFN3O4S. The van der Waals surface area contributed by atoms with Crippen molar-refractivity contribution in [3.8, 4) is 0 Å². The van der Waals surface area contributed by atoms with E-state index in [2.05, 4.69) is 5.32 Å². The van der Waals surface area contributed by atoms with Gasteiger partial charge in [0, 0.05) is 30.6 Å². The fourth-order valence-electron chi connectivity index (χ4n) is 3.72. The van der Waals surface area contributed by atoms with Gasteiger partial charge >= 0.3 is 0 Å². The second kappa shape index (κ2) is 12.9. The molecule has 2 aromatic carbocycles. The summed E-state index contributed by atoms with van der Waals surface area (Å²) in [6, 6.07) is 11.5. The summed E-state index contributed by atoms with van der Waals surface area (Å²) in [6.07, 6.45) is 1.69. The number of nitrogens with one attached hydrogen (secondary N) is 1. The minimum absolute atomic E-state index is 0.0170. The van der Waals surface area contributed by atoms with Crippen LogP contribution in [0.4, 0.5) is 10.1 Å². The van der Waals surface area contributed by atoms with Crippen LogP contribution < -0.4 is 9.62 Å². The van der Waals surface area contributed by atoms with E-state index in [1.807, 2.05) is 26.8 Å². The van der Waals surface area contributed by atoms with Crippen molar-refractivity contribution in [2.24, 2.45) is 0 Å². The van der Waals surface area contributed by atoms with Crippen LogP contribution in [0, 0.1) is 5.82 Å². The molecule has 2 rings (SSSR count). The van der Waals surface area contributed by atoms with Gasteiger partial charge in [0.15, 0.2) is 0 Å². The molecule has 0 unspecified atom stereocenters. The number of benzene rings is 2. The van der Waals surface area contributed by atoms with E-state index in [0.29, 0.717) is 22.7 Å². The van der Waals surface area contributed by atoms with Gasteiger partial charge in [-0.05, 0) is 62.6 Å². The van der Waals surface area contributed by atoms with Gasteiger partial charge < -0.3 is 10.2 Å². The molecular weight excluding hydrogens is 493 g/mol. The van der Waals surface area contributed by atoms with Crippen LogP contribution in [0.15, 0.2) is 48.5 Å². The van der Waals surface area contributed by atoms with Gasteiger partial charge in [0.05, 0.1) is 11.9 Å². The van der Waals surface area contributed by atoms with Crippen molar-refractivity contribution in [2.45, 2.75) is 58.7 Å². The molecule has 0 radical (unpaired) electrons. The third-order valence-corrected chi connectivity index (χ3v) is 6.94. The molecule has 0 saturated carbocycles. The van der Waals surface area contributed by atoms with Crippen molar-refractivity contribution >= 4 is 39.1 Å². The number of hydrogen-bond donors (Lipinski definition) is 1. The number of rotatable bonds is 12. The largest absolute Gasteiger partial charge is 0.352 e. The van der Waals surface area contributed by atoms with Gasteiger partial charge in [-0.15, -0.1) is 0 Å². The summed E-state index contributed by atoms with van der Waals surface area (Å²) in [4.78, 5) is 27.7. The summed E-state index contributed by atoms with van der Waals surface area (Å²) in [5.41, 5.74) is 1.03. The summed E-state index contributed by atoms with van der Waals surface area (Å²) >= 11 is 6.32. The molecule has 10 heteroatoms. The van der Waals surface area contributed by atoms with Crippen molar-refractivity contribution in [1.82, 2.24) is 10.2 Å². The van der Waals surface area contributed by atoms with Gasteiger partial charge in [-0.25, -0.2) is 12.8 Å². The van der Waals surface area contributed by atoms with Crippen LogP contribution >= 0.6 is 11.6 Å². The SMILES string of the molecule is CC[C@H](C(=O)NC(C)C)N(Cc1ccccc1Cl)C(=O)CCCN(c1ccc(F)cc1)S(C)(=O)=O. The average Bonchev–Trinajstić information content (AvgIpc) is 2.77. The van der Waals surface area contributed by atoms with E-state index in [1.54, 1.807) is 18.2 Å². The Morgan fingerprint density at radius 3 is 2.26 bits per heavy atom. The molecule has 35 heavy (non-hydrogen) atoms. The number of anilines is 1. The lowest BCUT2D eigenvalue weighted by molar-refractivity contribution is -0.141. The highest BCUT2D eigenvalue weighted by atomic mass is 35.5. The van der Waals surface area contributed by atoms with Crippen molar-refractivity contribution in [3.05, 3.63) is 64.9 Å². The number of sulfonamides is 1. The first-order chi connectivity index (χ1) is 16.4. The second-order valence-electron chi connectivity index (χ2n) is 8.62. The van der Waals surface area contributed by atoms with Crippen molar-refractivity contribution in [2.75, 3.05) is 17.1 Å². The Balaban J connectivity index is 2.22. The Morgan fingerprint density at radius 2 is 1.71 bits per heavy atom. The van der Waals surface area contributed by atoms with Crippen LogP contribution in [0.3, 0.4) is 0 Å². The van der Waals surface area contributed by atoms with Gasteiger partial charge in [-0.1, -0.05) is 36.7 Å². The summed E-state index contributed by atoms with van der Waals surface area (Å²) < 4.78 is 39.1. The first kappa shape index (κ1) is 28.6. The number of carbonyl (C=O) groups excluding carboxylic acids is 2. The van der Waals surface area contributed by atoms with Crippen LogP contribution in [0.5, 0.6) is 0 Å². The van der Waals surface area contributed by atoms with E-state index in [0.717, 1.165) is 10.6 Å². The zero-order chi connectivity index (χ0) is 26.2. The molecule has 7 nitrogen and oxygen atoms in total. The Labute approximate surface area is 212 Å². The summed E-state index contributed by atoms with van der Waals surface area (Å²) in [5, 5.41) is 3.36. The minimum Gasteiger partial charge on any atom is -0.352 e. The molecule has 1 atom stereocenters. The van der Waals surface area contributed by atoms with Crippen molar-refractivity contribution < 1.29 is 22.4 Å². The smallest absolute Gasteiger partial charge is 0.243 e. The van der Waals surface area contributed by atoms with E-state index in [-0.39, 0.29) is 43.8 Å². The van der Waals surface area contributed by atoms with Crippen LogP contribution in [0.1, 0.15) is 45.6 Å². The molecule has 0 fully saturated rings. The Kier molecular flexibility index (Phi) is 10.5. The highest BCUT2D eigenvalue weighted by Crippen LogP contribution is 2.22. The quantitative estimate of drug-likeness (QED) is 0.446. The van der Waals surface area contributed by atoms with Crippen LogP contribution in [-0.2, 0) is 26.2 Å². The standard InChI is InChI=1S/C25H33ClFN3O4S/c1-5-23(25(32)28-18(2)3)29(17-19-9-6-7-10-22(19)26)24(31)11-8-16-30(35(4,33)34)21-14-12-20(27)13-15-21/h6-7,9-10,12-15,18,23H,5,8,11,16-17H2,1-4H3,(H,28,32)/t23-/m1/s1. The van der Waals surface area contributed by atoms with E-state index in [1.165, 1.54) is 29.2 Å². The normalized spacial score (nSPS) is 12.3. The zero-order valence-corrected chi connectivity index (χ0v) is 22.1. The maximum Gasteiger partial charge on any atom is 0.243 e. The molecule has 0 aliphatic carbocycles. The topological polar surface area (TPSA) is 86.8 Å². The van der Waals surface area contributed by atoms with Gasteiger partial charge in [0.2, 0.25) is 21.8 Å². The summed E-state index contributed by atoms with van der Waals surface area (Å²) in [6.45, 7) is 5.71. The fourth-order valence-corrected chi connectivity index (χ4v) is 4.88. The molecule has 192 valence electrons. The zero-order valence-electron chi connectivity index (χ0n) is 20.5. The third-order valence-electron chi connectivity index (χ3n) is 5.38. The molecule has 0 bridgehead atoms. The monoisotopic (exact) mass is 525 g/mol. The van der Waals surface area contributed by atoms with Crippen LogP contribution in [0.2, 0.25) is 5.02 Å². The number of halogens is 2. The van der Waals surface area contributed by atoms with Crippen LogP contribution in [-0.4, -0.2) is 50.0 Å². The summed E-state index contributed by atoms with van der Waals surface area (Å²) in [7, 11) is -3.65. The molecule has 0 heterocycles. The van der Waals surface area contributed by atoms with Gasteiger partial charge in [-0.3, -0.25) is 13.9 Å². The maximum absolute atomic E-state index is 13.3. The molecule has 0 spiro atoms. The summed E-state index contributed by atoms with van der Waals surface area (Å²) in [5.74, 6) is -1.02. The highest BCUT2D eigenvalue weighted by Gasteiger charge is 2.29. The van der Waals surface area contributed by atoms with E-state index >= 15 is 0 Å². The molecule has 0 aliphatic rings. The first-order valence-corrected chi connectivity index (χ1v) is 13.7. The molecule has 0 aliphatic heterocycles. The molecule has 1 N–H and O–H groups in total. The highest BCUT2D eigenvalue weighted by molar-refractivity contribution is 7.92. The van der Waals surface area contributed by atoms with E-state index in [4.69, 9.17) is 11.6 Å². The average molecular weight is 526 g/mol. The van der Waals surface area contributed by atoms with Gasteiger partial charge in [0.1, 0.15) is 11.9 Å². The van der Waals surface area contributed by atoms with Gasteiger partial charge in [-0.2, -0.15) is 0 Å². The molecule has 0 aromatic heterocycles. The van der Waals surface area contributed by atoms with E-state index in [9.17, 15) is 22.4 Å². The fraction of sp³-hybridized carbons (Fsp3) is 0.440. The lowest BCUT2D eigenvalue weighted by atomic mass is 10.1. The van der Waals surface area contributed by atoms with E-state index < -0.39 is 21.9 Å². The number of carbonyl (C=O) groups is 2. The Hall–Kier alpha value is -2.65. The lowest BCUT2D eigenvalue weighted by Gasteiger charge is -2.32.